The van der Waals surface area contributed by atoms with E-state index in [1.54, 1.807) is 4.90 Å². The predicted molar refractivity (Wildman–Crippen MR) is 101 cm³/mol. The van der Waals surface area contributed by atoms with Crippen LogP contribution in [0, 0.1) is 5.82 Å². The van der Waals surface area contributed by atoms with Crippen molar-refractivity contribution in [2.75, 3.05) is 26.2 Å². The Morgan fingerprint density at radius 2 is 1.30 bits per heavy atom. The highest BCUT2D eigenvalue weighted by Gasteiger charge is 2.24. The molecule has 5 heteroatoms. The van der Waals surface area contributed by atoms with Gasteiger partial charge in [-0.2, -0.15) is 0 Å². The van der Waals surface area contributed by atoms with E-state index in [0.29, 0.717) is 31.7 Å². The summed E-state index contributed by atoms with van der Waals surface area (Å²) in [5.41, 5.74) is 3.88. The van der Waals surface area contributed by atoms with Gasteiger partial charge in [0.25, 0.3) is 11.8 Å². The van der Waals surface area contributed by atoms with Crippen LogP contribution < -0.4 is 0 Å². The fourth-order valence-electron chi connectivity index (χ4n) is 3.99. The molecule has 27 heavy (non-hydrogen) atoms. The molecule has 0 spiro atoms. The first-order chi connectivity index (χ1) is 13.1. The second kappa shape index (κ2) is 7.51. The molecule has 0 aromatic heterocycles. The normalized spacial score (nSPS) is 16.8. The molecule has 0 radical (unpaired) electrons. The molecule has 4 nitrogen and oxygen atoms in total. The Kier molecular flexibility index (Phi) is 4.92. The van der Waals surface area contributed by atoms with Gasteiger partial charge in [-0.05, 0) is 73.2 Å². The third-order valence-electron chi connectivity index (χ3n) is 5.51. The highest BCUT2D eigenvalue weighted by molar-refractivity contribution is 5.95. The van der Waals surface area contributed by atoms with Crippen molar-refractivity contribution in [2.45, 2.75) is 25.7 Å². The zero-order valence-electron chi connectivity index (χ0n) is 15.3. The molecule has 140 valence electrons. The number of carbonyl (C=O) groups is 2. The summed E-state index contributed by atoms with van der Waals surface area (Å²) < 4.78 is 13.1. The first-order valence-electron chi connectivity index (χ1n) is 9.58. The van der Waals surface area contributed by atoms with E-state index in [2.05, 4.69) is 6.07 Å². The predicted octanol–water partition coefficient (Wildman–Crippen LogP) is 3.30. The number of hydrogen-bond acceptors (Lipinski definition) is 2. The molecule has 2 amide bonds. The number of hydrogen-bond donors (Lipinski definition) is 0. The Labute approximate surface area is 158 Å². The topological polar surface area (TPSA) is 40.6 Å². The van der Waals surface area contributed by atoms with Crippen LogP contribution in [0.1, 0.15) is 44.7 Å². The molecule has 0 atom stereocenters. The smallest absolute Gasteiger partial charge is 0.253 e. The average Bonchev–Trinajstić information content (AvgIpc) is 3.02. The van der Waals surface area contributed by atoms with Crippen molar-refractivity contribution in [3.8, 4) is 0 Å². The Morgan fingerprint density at radius 3 is 2.00 bits per heavy atom. The summed E-state index contributed by atoms with van der Waals surface area (Å²) in [5.74, 6) is -0.420. The van der Waals surface area contributed by atoms with Gasteiger partial charge >= 0.3 is 0 Å². The highest BCUT2D eigenvalue weighted by atomic mass is 19.1. The van der Waals surface area contributed by atoms with Crippen LogP contribution in [0.4, 0.5) is 4.39 Å². The Balaban J connectivity index is 1.43. The number of rotatable bonds is 2. The zero-order valence-corrected chi connectivity index (χ0v) is 15.3. The van der Waals surface area contributed by atoms with E-state index in [9.17, 15) is 14.0 Å². The first kappa shape index (κ1) is 17.7. The van der Waals surface area contributed by atoms with Crippen molar-refractivity contribution in [3.05, 3.63) is 70.5 Å². The molecule has 1 fully saturated rings. The van der Waals surface area contributed by atoms with Crippen LogP contribution in [0.25, 0.3) is 0 Å². The summed E-state index contributed by atoms with van der Waals surface area (Å²) in [4.78, 5) is 29.2. The van der Waals surface area contributed by atoms with E-state index >= 15 is 0 Å². The maximum Gasteiger partial charge on any atom is 0.253 e. The van der Waals surface area contributed by atoms with Gasteiger partial charge in [-0.1, -0.05) is 6.07 Å². The second-order valence-corrected chi connectivity index (χ2v) is 7.28. The van der Waals surface area contributed by atoms with E-state index in [0.717, 1.165) is 31.2 Å². The van der Waals surface area contributed by atoms with Crippen molar-refractivity contribution in [2.24, 2.45) is 0 Å². The van der Waals surface area contributed by atoms with Gasteiger partial charge in [0.1, 0.15) is 5.82 Å². The lowest BCUT2D eigenvalue weighted by molar-refractivity contribution is 0.0718. The molecule has 0 N–H and O–H groups in total. The van der Waals surface area contributed by atoms with Gasteiger partial charge in [-0.3, -0.25) is 9.59 Å². The Morgan fingerprint density at radius 1 is 0.704 bits per heavy atom. The van der Waals surface area contributed by atoms with Crippen LogP contribution in [0.2, 0.25) is 0 Å². The SMILES string of the molecule is O=C(c1ccc(F)cc1)N1CCCN(C(=O)c2ccc3c(c2)CCC3)CC1. The van der Waals surface area contributed by atoms with E-state index in [1.165, 1.54) is 35.4 Å². The fraction of sp³-hybridized carbons (Fsp3) is 0.364. The standard InChI is InChI=1S/C22H23FN2O2/c23-20-9-7-17(8-10-20)21(26)24-11-2-12-25(14-13-24)22(27)19-6-5-16-3-1-4-18(16)15-19/h5-10,15H,1-4,11-14H2. The number of nitrogens with zero attached hydrogens (tertiary/aromatic N) is 2. The Bertz CT molecular complexity index is 863. The minimum Gasteiger partial charge on any atom is -0.337 e. The molecule has 2 aromatic rings. The van der Waals surface area contributed by atoms with Crippen LogP contribution in [0.5, 0.6) is 0 Å². The maximum atomic E-state index is 13.1. The lowest BCUT2D eigenvalue weighted by atomic mass is 10.1. The van der Waals surface area contributed by atoms with Gasteiger partial charge in [0.2, 0.25) is 0 Å². The van der Waals surface area contributed by atoms with Crippen molar-refractivity contribution >= 4 is 11.8 Å². The van der Waals surface area contributed by atoms with E-state index in [-0.39, 0.29) is 17.6 Å². The molecule has 1 saturated heterocycles. The molecule has 0 unspecified atom stereocenters. The number of aryl methyl sites for hydroxylation is 2. The first-order valence-corrected chi connectivity index (χ1v) is 9.58. The molecular weight excluding hydrogens is 343 g/mol. The molecule has 1 heterocycles. The third-order valence-corrected chi connectivity index (χ3v) is 5.51. The Hall–Kier alpha value is -2.69. The van der Waals surface area contributed by atoms with Crippen molar-refractivity contribution in [3.63, 3.8) is 0 Å². The van der Waals surface area contributed by atoms with E-state index < -0.39 is 0 Å². The van der Waals surface area contributed by atoms with Crippen LogP contribution >= 0.6 is 0 Å². The molecule has 1 aliphatic heterocycles. The fourth-order valence-corrected chi connectivity index (χ4v) is 3.99. The lowest BCUT2D eigenvalue weighted by Gasteiger charge is -2.22. The third kappa shape index (κ3) is 3.72. The van der Waals surface area contributed by atoms with E-state index in [4.69, 9.17) is 0 Å². The zero-order chi connectivity index (χ0) is 18.8. The van der Waals surface area contributed by atoms with Crippen LogP contribution in [0.15, 0.2) is 42.5 Å². The van der Waals surface area contributed by atoms with Crippen molar-refractivity contribution < 1.29 is 14.0 Å². The van der Waals surface area contributed by atoms with Crippen molar-refractivity contribution in [1.29, 1.82) is 0 Å². The summed E-state index contributed by atoms with van der Waals surface area (Å²) in [6, 6.07) is 11.7. The summed E-state index contributed by atoms with van der Waals surface area (Å²) >= 11 is 0. The molecule has 4 rings (SSSR count). The number of halogens is 1. The van der Waals surface area contributed by atoms with Crippen LogP contribution in [-0.4, -0.2) is 47.8 Å². The molecule has 0 bridgehead atoms. The second-order valence-electron chi connectivity index (χ2n) is 7.28. The van der Waals surface area contributed by atoms with Gasteiger partial charge in [0, 0.05) is 37.3 Å². The van der Waals surface area contributed by atoms with Crippen molar-refractivity contribution in [1.82, 2.24) is 9.80 Å². The van der Waals surface area contributed by atoms with Crippen LogP contribution in [0.3, 0.4) is 0 Å². The minimum absolute atomic E-state index is 0.0424. The lowest BCUT2D eigenvalue weighted by Crippen LogP contribution is -2.37. The molecule has 0 saturated carbocycles. The number of benzene rings is 2. The number of carbonyl (C=O) groups excluding carboxylic acids is 2. The number of fused-ring (bicyclic) bond motifs is 1. The minimum atomic E-state index is -0.353. The van der Waals surface area contributed by atoms with Crippen LogP contribution in [-0.2, 0) is 12.8 Å². The summed E-state index contributed by atoms with van der Waals surface area (Å²) in [6.45, 7) is 2.25. The molecular formula is C22H23FN2O2. The summed E-state index contributed by atoms with van der Waals surface area (Å²) in [6.07, 6.45) is 4.06. The monoisotopic (exact) mass is 366 g/mol. The number of amides is 2. The molecule has 1 aliphatic carbocycles. The summed E-state index contributed by atoms with van der Waals surface area (Å²) in [7, 11) is 0. The quantitative estimate of drug-likeness (QED) is 0.818. The highest BCUT2D eigenvalue weighted by Crippen LogP contribution is 2.23. The van der Waals surface area contributed by atoms with Gasteiger partial charge < -0.3 is 9.80 Å². The average molecular weight is 366 g/mol. The van der Waals surface area contributed by atoms with Gasteiger partial charge in [0.05, 0.1) is 0 Å². The largest absolute Gasteiger partial charge is 0.337 e. The van der Waals surface area contributed by atoms with E-state index in [1.807, 2.05) is 17.0 Å². The summed E-state index contributed by atoms with van der Waals surface area (Å²) in [5, 5.41) is 0. The maximum absolute atomic E-state index is 13.1. The van der Waals surface area contributed by atoms with Gasteiger partial charge in [0.15, 0.2) is 0 Å². The molecule has 2 aliphatic rings. The van der Waals surface area contributed by atoms with Gasteiger partial charge in [-0.15, -0.1) is 0 Å². The van der Waals surface area contributed by atoms with Gasteiger partial charge in [-0.25, -0.2) is 4.39 Å². The molecule has 2 aromatic carbocycles.